The Balaban J connectivity index is 0.00000147. The summed E-state index contributed by atoms with van der Waals surface area (Å²) < 4.78 is 1.96. The molecule has 108 valence electrons. The van der Waals surface area contributed by atoms with Crippen LogP contribution in [0.25, 0.3) is 5.65 Å². The second-order valence-corrected chi connectivity index (χ2v) is 4.66. The maximum Gasteiger partial charge on any atom is 0.191 e. The molecule has 1 aliphatic carbocycles. The fourth-order valence-corrected chi connectivity index (χ4v) is 1.89. The van der Waals surface area contributed by atoms with E-state index < -0.39 is 0 Å². The van der Waals surface area contributed by atoms with Gasteiger partial charge in [-0.25, -0.2) is 4.99 Å². The topological polar surface area (TPSA) is 66.6 Å². The fraction of sp³-hybridized carbons (Fsp3) is 0.462. The summed E-state index contributed by atoms with van der Waals surface area (Å²) >= 11 is 0. The van der Waals surface area contributed by atoms with Crippen molar-refractivity contribution in [1.82, 2.24) is 25.2 Å². The minimum atomic E-state index is 0. The number of aromatic nitrogens is 3. The third-order valence-electron chi connectivity index (χ3n) is 3.03. The van der Waals surface area contributed by atoms with Crippen LogP contribution in [0.4, 0.5) is 0 Å². The minimum absolute atomic E-state index is 0. The molecule has 2 aromatic rings. The summed E-state index contributed by atoms with van der Waals surface area (Å²) in [6.45, 7) is 3.45. The molecule has 7 heteroatoms. The number of nitrogens with one attached hydrogen (secondary N) is 2. The summed E-state index contributed by atoms with van der Waals surface area (Å²) in [5, 5.41) is 14.9. The molecule has 1 fully saturated rings. The van der Waals surface area contributed by atoms with Gasteiger partial charge in [-0.05, 0) is 31.9 Å². The van der Waals surface area contributed by atoms with Crippen molar-refractivity contribution in [3.05, 3.63) is 30.2 Å². The molecular formula is C13H19IN6. The van der Waals surface area contributed by atoms with Crippen molar-refractivity contribution in [2.45, 2.75) is 32.4 Å². The zero-order chi connectivity index (χ0) is 13.1. The van der Waals surface area contributed by atoms with Gasteiger partial charge in [-0.2, -0.15) is 0 Å². The average Bonchev–Trinajstić information content (AvgIpc) is 3.15. The first-order valence-corrected chi connectivity index (χ1v) is 6.70. The van der Waals surface area contributed by atoms with Crippen LogP contribution in [0.1, 0.15) is 25.6 Å². The number of fused-ring (bicyclic) bond motifs is 1. The molecule has 1 aliphatic rings. The molecule has 3 rings (SSSR count). The Hall–Kier alpha value is -1.38. The molecule has 2 heterocycles. The number of hydrogen-bond donors (Lipinski definition) is 2. The monoisotopic (exact) mass is 386 g/mol. The lowest BCUT2D eigenvalue weighted by atomic mass is 10.4. The van der Waals surface area contributed by atoms with Gasteiger partial charge in [0.15, 0.2) is 17.4 Å². The largest absolute Gasteiger partial charge is 0.357 e. The first kappa shape index (κ1) is 15.0. The molecule has 2 N–H and O–H groups in total. The van der Waals surface area contributed by atoms with Gasteiger partial charge in [-0.15, -0.1) is 34.2 Å². The summed E-state index contributed by atoms with van der Waals surface area (Å²) in [4.78, 5) is 4.56. The first-order chi connectivity index (χ1) is 9.36. The van der Waals surface area contributed by atoms with E-state index in [4.69, 9.17) is 0 Å². The normalized spacial score (nSPS) is 14.9. The lowest BCUT2D eigenvalue weighted by molar-refractivity contribution is 0.796. The third kappa shape index (κ3) is 3.59. The molecule has 20 heavy (non-hydrogen) atoms. The molecule has 0 radical (unpaired) electrons. The van der Waals surface area contributed by atoms with Crippen molar-refractivity contribution in [3.63, 3.8) is 0 Å². The first-order valence-electron chi connectivity index (χ1n) is 6.70. The predicted molar refractivity (Wildman–Crippen MR) is 89.4 cm³/mol. The van der Waals surface area contributed by atoms with Crippen LogP contribution in [0.2, 0.25) is 0 Å². The Labute approximate surface area is 135 Å². The molecule has 0 aromatic carbocycles. The standard InChI is InChI=1S/C13H18N6.HI/c1-2-14-13(16-10-6-7-10)15-9-12-18-17-11-5-3-4-8-19(11)12;/h3-5,8,10H,2,6-7,9H2,1H3,(H2,14,15,16);1H. The number of rotatable bonds is 4. The Kier molecular flexibility index (Phi) is 5.16. The minimum Gasteiger partial charge on any atom is -0.357 e. The Bertz CT molecular complexity index is 589. The highest BCUT2D eigenvalue weighted by molar-refractivity contribution is 14.0. The van der Waals surface area contributed by atoms with Crippen molar-refractivity contribution in [2.75, 3.05) is 6.54 Å². The van der Waals surface area contributed by atoms with Crippen LogP contribution in [0, 0.1) is 0 Å². The van der Waals surface area contributed by atoms with E-state index in [0.717, 1.165) is 24.0 Å². The van der Waals surface area contributed by atoms with Gasteiger partial charge < -0.3 is 10.6 Å². The molecule has 0 atom stereocenters. The van der Waals surface area contributed by atoms with Crippen molar-refractivity contribution < 1.29 is 0 Å². The third-order valence-corrected chi connectivity index (χ3v) is 3.03. The summed E-state index contributed by atoms with van der Waals surface area (Å²) in [6.07, 6.45) is 4.43. The molecule has 0 aliphatic heterocycles. The van der Waals surface area contributed by atoms with Gasteiger partial charge in [0.25, 0.3) is 0 Å². The summed E-state index contributed by atoms with van der Waals surface area (Å²) in [7, 11) is 0. The predicted octanol–water partition coefficient (Wildman–Crippen LogP) is 1.56. The SMILES string of the molecule is CCNC(=NCc1nnc2ccccn12)NC1CC1.I. The number of aliphatic imine (C=N–C) groups is 1. The number of pyridine rings is 1. The van der Waals surface area contributed by atoms with Crippen molar-refractivity contribution in [1.29, 1.82) is 0 Å². The summed E-state index contributed by atoms with van der Waals surface area (Å²) in [6, 6.07) is 6.45. The van der Waals surface area contributed by atoms with E-state index in [0.29, 0.717) is 12.6 Å². The quantitative estimate of drug-likeness (QED) is 0.476. The van der Waals surface area contributed by atoms with Gasteiger partial charge >= 0.3 is 0 Å². The fourth-order valence-electron chi connectivity index (χ4n) is 1.89. The Morgan fingerprint density at radius 1 is 1.40 bits per heavy atom. The van der Waals surface area contributed by atoms with Crippen LogP contribution in [0.3, 0.4) is 0 Å². The van der Waals surface area contributed by atoms with Crippen LogP contribution in [0.15, 0.2) is 29.4 Å². The molecule has 0 spiro atoms. The van der Waals surface area contributed by atoms with Crippen LogP contribution in [-0.2, 0) is 6.54 Å². The van der Waals surface area contributed by atoms with E-state index in [1.165, 1.54) is 12.8 Å². The van der Waals surface area contributed by atoms with E-state index in [2.05, 4.69) is 32.7 Å². The second kappa shape index (κ2) is 6.87. The molecule has 0 saturated heterocycles. The van der Waals surface area contributed by atoms with E-state index in [1.807, 2.05) is 28.8 Å². The molecular weight excluding hydrogens is 367 g/mol. The van der Waals surface area contributed by atoms with Gasteiger partial charge in [0.1, 0.15) is 6.54 Å². The van der Waals surface area contributed by atoms with Crippen LogP contribution >= 0.6 is 24.0 Å². The van der Waals surface area contributed by atoms with E-state index >= 15 is 0 Å². The molecule has 6 nitrogen and oxygen atoms in total. The van der Waals surface area contributed by atoms with Gasteiger partial charge in [-0.3, -0.25) is 4.40 Å². The van der Waals surface area contributed by atoms with Gasteiger partial charge in [-0.1, -0.05) is 6.07 Å². The van der Waals surface area contributed by atoms with Crippen LogP contribution < -0.4 is 10.6 Å². The van der Waals surface area contributed by atoms with Crippen LogP contribution in [-0.4, -0.2) is 33.1 Å². The highest BCUT2D eigenvalue weighted by Crippen LogP contribution is 2.18. The highest BCUT2D eigenvalue weighted by Gasteiger charge is 2.22. The lowest BCUT2D eigenvalue weighted by Gasteiger charge is -2.09. The van der Waals surface area contributed by atoms with E-state index in [9.17, 15) is 0 Å². The van der Waals surface area contributed by atoms with E-state index in [-0.39, 0.29) is 24.0 Å². The molecule has 0 amide bonds. The highest BCUT2D eigenvalue weighted by atomic mass is 127. The smallest absolute Gasteiger partial charge is 0.191 e. The average molecular weight is 386 g/mol. The maximum atomic E-state index is 4.56. The summed E-state index contributed by atoms with van der Waals surface area (Å²) in [5.74, 6) is 1.71. The Morgan fingerprint density at radius 3 is 3.00 bits per heavy atom. The van der Waals surface area contributed by atoms with Crippen molar-refractivity contribution in [2.24, 2.45) is 4.99 Å². The van der Waals surface area contributed by atoms with Crippen molar-refractivity contribution >= 4 is 35.6 Å². The molecule has 1 saturated carbocycles. The zero-order valence-electron chi connectivity index (χ0n) is 11.4. The number of halogens is 1. The number of hydrogen-bond acceptors (Lipinski definition) is 3. The second-order valence-electron chi connectivity index (χ2n) is 4.66. The number of guanidine groups is 1. The molecule has 2 aromatic heterocycles. The van der Waals surface area contributed by atoms with E-state index in [1.54, 1.807) is 0 Å². The maximum absolute atomic E-state index is 4.56. The summed E-state index contributed by atoms with van der Waals surface area (Å²) in [5.41, 5.74) is 0.854. The van der Waals surface area contributed by atoms with Gasteiger partial charge in [0.05, 0.1) is 0 Å². The Morgan fingerprint density at radius 2 is 2.25 bits per heavy atom. The van der Waals surface area contributed by atoms with Crippen LogP contribution in [0.5, 0.6) is 0 Å². The van der Waals surface area contributed by atoms with Gasteiger partial charge in [0, 0.05) is 18.8 Å². The molecule has 0 bridgehead atoms. The molecule has 0 unspecified atom stereocenters. The zero-order valence-corrected chi connectivity index (χ0v) is 13.7. The van der Waals surface area contributed by atoms with Gasteiger partial charge in [0.2, 0.25) is 0 Å². The van der Waals surface area contributed by atoms with Crippen molar-refractivity contribution in [3.8, 4) is 0 Å². The lowest BCUT2D eigenvalue weighted by Crippen LogP contribution is -2.38. The number of nitrogens with zero attached hydrogens (tertiary/aromatic N) is 4.